The van der Waals surface area contributed by atoms with Gasteiger partial charge in [0.05, 0.1) is 0 Å². The summed E-state index contributed by atoms with van der Waals surface area (Å²) in [6, 6.07) is 0. The summed E-state index contributed by atoms with van der Waals surface area (Å²) < 4.78 is 1.53. The zero-order valence-corrected chi connectivity index (χ0v) is 5.97. The maximum atomic E-state index is 9.86. The summed E-state index contributed by atoms with van der Waals surface area (Å²) in [5.41, 5.74) is 0.376. The molecular formula is C4H5IO2. The topological polar surface area (TPSA) is 37.3 Å². The van der Waals surface area contributed by atoms with E-state index in [-0.39, 0.29) is 0 Å². The molecule has 0 aliphatic rings. The molecule has 1 N–H and O–H groups in total. The van der Waals surface area contributed by atoms with Gasteiger partial charge in [-0.05, 0) is 11.0 Å². The molecule has 7 heavy (non-hydrogen) atoms. The molecule has 0 aliphatic carbocycles. The van der Waals surface area contributed by atoms with E-state index < -0.39 is 5.97 Å². The van der Waals surface area contributed by atoms with E-state index in [9.17, 15) is 4.79 Å². The van der Waals surface area contributed by atoms with Gasteiger partial charge in [0, 0.05) is 5.57 Å². The third kappa shape index (κ3) is 2.61. The Labute approximate surface area is 55.4 Å². The van der Waals surface area contributed by atoms with Gasteiger partial charge in [-0.1, -0.05) is 22.6 Å². The summed E-state index contributed by atoms with van der Waals surface area (Å²) in [6.45, 7) is 1.55. The molecule has 0 aromatic heterocycles. The van der Waals surface area contributed by atoms with E-state index >= 15 is 0 Å². The lowest BCUT2D eigenvalue weighted by Crippen LogP contribution is -1.93. The Morgan fingerprint density at radius 3 is 2.29 bits per heavy atom. The summed E-state index contributed by atoms with van der Waals surface area (Å²) in [6.07, 6.45) is 0. The molecule has 0 fully saturated rings. The first kappa shape index (κ1) is 6.94. The number of carboxylic acid groups (broad SMARTS) is 1. The molecule has 0 saturated carbocycles. The quantitative estimate of drug-likeness (QED) is 0.527. The third-order valence-electron chi connectivity index (χ3n) is 0.501. The molecule has 0 radical (unpaired) electrons. The number of halogens is 1. The van der Waals surface area contributed by atoms with Crippen molar-refractivity contribution in [3.63, 3.8) is 0 Å². The molecule has 0 rings (SSSR count). The second-order valence-corrected chi connectivity index (χ2v) is 1.72. The highest BCUT2D eigenvalue weighted by molar-refractivity contribution is 14.1. The number of carbonyl (C=O) groups is 1. The van der Waals surface area contributed by atoms with Crippen molar-refractivity contribution in [3.05, 3.63) is 9.66 Å². The van der Waals surface area contributed by atoms with E-state index in [2.05, 4.69) is 0 Å². The van der Waals surface area contributed by atoms with Gasteiger partial charge in [0.2, 0.25) is 0 Å². The SMILES string of the molecule is C/C(=C/I)C(=O)O. The van der Waals surface area contributed by atoms with Crippen LogP contribution in [0.15, 0.2) is 9.66 Å². The summed E-state index contributed by atoms with van der Waals surface area (Å²) in [7, 11) is 0. The van der Waals surface area contributed by atoms with Crippen LogP contribution in [-0.4, -0.2) is 11.1 Å². The van der Waals surface area contributed by atoms with Crippen LogP contribution in [0.25, 0.3) is 0 Å². The van der Waals surface area contributed by atoms with E-state index in [0.717, 1.165) is 0 Å². The van der Waals surface area contributed by atoms with Crippen molar-refractivity contribution < 1.29 is 9.90 Å². The molecular weight excluding hydrogens is 207 g/mol. The summed E-state index contributed by atoms with van der Waals surface area (Å²) in [5.74, 6) is -0.852. The van der Waals surface area contributed by atoms with Gasteiger partial charge in [0.25, 0.3) is 0 Å². The third-order valence-corrected chi connectivity index (χ3v) is 1.44. The largest absolute Gasteiger partial charge is 0.478 e. The molecule has 0 unspecified atom stereocenters. The van der Waals surface area contributed by atoms with Crippen LogP contribution >= 0.6 is 22.6 Å². The Morgan fingerprint density at radius 2 is 2.29 bits per heavy atom. The first-order valence-electron chi connectivity index (χ1n) is 1.68. The van der Waals surface area contributed by atoms with Gasteiger partial charge in [0.1, 0.15) is 0 Å². The van der Waals surface area contributed by atoms with E-state index in [4.69, 9.17) is 5.11 Å². The van der Waals surface area contributed by atoms with Crippen molar-refractivity contribution in [2.75, 3.05) is 0 Å². The number of aliphatic carboxylic acids is 1. The molecule has 0 heterocycles. The highest BCUT2D eigenvalue weighted by atomic mass is 127. The fourth-order valence-electron chi connectivity index (χ4n) is 0.0467. The van der Waals surface area contributed by atoms with Crippen LogP contribution < -0.4 is 0 Å². The summed E-state index contributed by atoms with van der Waals surface area (Å²) in [4.78, 5) is 9.86. The highest BCUT2D eigenvalue weighted by Crippen LogP contribution is 1.95. The zero-order chi connectivity index (χ0) is 5.86. The van der Waals surface area contributed by atoms with Crippen LogP contribution in [0.3, 0.4) is 0 Å². The smallest absolute Gasteiger partial charge is 0.331 e. The molecule has 0 amide bonds. The zero-order valence-electron chi connectivity index (χ0n) is 3.81. The standard InChI is InChI=1S/C4H5IO2/c1-3(2-5)4(6)7/h2H,1H3,(H,6,7)/b3-2-. The Hall–Kier alpha value is -0.0600. The minimum Gasteiger partial charge on any atom is -0.478 e. The molecule has 0 aliphatic heterocycles. The second kappa shape index (κ2) is 3.01. The maximum Gasteiger partial charge on any atom is 0.331 e. The van der Waals surface area contributed by atoms with Crippen molar-refractivity contribution >= 4 is 28.6 Å². The van der Waals surface area contributed by atoms with Crippen molar-refractivity contribution in [1.82, 2.24) is 0 Å². The molecule has 0 bridgehead atoms. The molecule has 0 saturated heterocycles. The maximum absolute atomic E-state index is 9.86. The first-order chi connectivity index (χ1) is 3.18. The van der Waals surface area contributed by atoms with E-state index in [0.29, 0.717) is 5.57 Å². The second-order valence-electron chi connectivity index (χ2n) is 1.10. The molecule has 0 atom stereocenters. The Kier molecular flexibility index (Phi) is 2.98. The molecule has 2 nitrogen and oxygen atoms in total. The number of rotatable bonds is 1. The monoisotopic (exact) mass is 212 g/mol. The average molecular weight is 212 g/mol. The molecule has 0 aromatic carbocycles. The normalized spacial score (nSPS) is 11.4. The number of hydrogen-bond donors (Lipinski definition) is 1. The summed E-state index contributed by atoms with van der Waals surface area (Å²) >= 11 is 1.89. The minimum absolute atomic E-state index is 0.376. The molecule has 40 valence electrons. The lowest BCUT2D eigenvalue weighted by atomic mass is 10.4. The lowest BCUT2D eigenvalue weighted by Gasteiger charge is -1.83. The predicted octanol–water partition coefficient (Wildman–Crippen LogP) is 1.41. The minimum atomic E-state index is -0.852. The van der Waals surface area contributed by atoms with E-state index in [1.165, 1.54) is 4.08 Å². The van der Waals surface area contributed by atoms with Crippen molar-refractivity contribution in [1.29, 1.82) is 0 Å². The van der Waals surface area contributed by atoms with Gasteiger partial charge in [-0.15, -0.1) is 0 Å². The Bertz CT molecular complexity index is 106. The van der Waals surface area contributed by atoms with Crippen LogP contribution in [0.1, 0.15) is 6.92 Å². The average Bonchev–Trinajstić information content (AvgIpc) is 1.65. The van der Waals surface area contributed by atoms with Crippen LogP contribution in [0, 0.1) is 0 Å². The van der Waals surface area contributed by atoms with Gasteiger partial charge < -0.3 is 5.11 Å². The van der Waals surface area contributed by atoms with Crippen LogP contribution in [0.5, 0.6) is 0 Å². The van der Waals surface area contributed by atoms with E-state index in [1.54, 1.807) is 6.92 Å². The molecule has 0 aromatic rings. The van der Waals surface area contributed by atoms with Crippen molar-refractivity contribution in [3.8, 4) is 0 Å². The van der Waals surface area contributed by atoms with Crippen molar-refractivity contribution in [2.45, 2.75) is 6.92 Å². The van der Waals surface area contributed by atoms with Crippen LogP contribution in [-0.2, 0) is 4.79 Å². The number of carboxylic acids is 1. The van der Waals surface area contributed by atoms with E-state index in [1.807, 2.05) is 22.6 Å². The van der Waals surface area contributed by atoms with Gasteiger partial charge in [-0.3, -0.25) is 0 Å². The molecule has 0 spiro atoms. The van der Waals surface area contributed by atoms with Crippen LogP contribution in [0.2, 0.25) is 0 Å². The van der Waals surface area contributed by atoms with Gasteiger partial charge >= 0.3 is 5.97 Å². The van der Waals surface area contributed by atoms with Crippen LogP contribution in [0.4, 0.5) is 0 Å². The van der Waals surface area contributed by atoms with Gasteiger partial charge in [-0.25, -0.2) is 4.79 Å². The molecule has 3 heteroatoms. The fourth-order valence-corrected chi connectivity index (χ4v) is 0.313. The lowest BCUT2D eigenvalue weighted by molar-refractivity contribution is -0.132. The summed E-state index contributed by atoms with van der Waals surface area (Å²) in [5, 5.41) is 8.11. The Morgan fingerprint density at radius 1 is 1.86 bits per heavy atom. The Balaban J connectivity index is 3.82. The fraction of sp³-hybridized carbons (Fsp3) is 0.250. The van der Waals surface area contributed by atoms with Gasteiger partial charge in [0.15, 0.2) is 0 Å². The highest BCUT2D eigenvalue weighted by Gasteiger charge is 1.94. The van der Waals surface area contributed by atoms with Crippen molar-refractivity contribution in [2.24, 2.45) is 0 Å². The predicted molar refractivity (Wildman–Crippen MR) is 35.4 cm³/mol. The number of hydrogen-bond acceptors (Lipinski definition) is 1. The van der Waals surface area contributed by atoms with Gasteiger partial charge in [-0.2, -0.15) is 0 Å². The first-order valence-corrected chi connectivity index (χ1v) is 2.93.